The average Bonchev–Trinajstić information content (AvgIpc) is 2.75. The molecule has 1 atom stereocenters. The van der Waals surface area contributed by atoms with Crippen LogP contribution >= 0.6 is 11.6 Å². The number of nitro groups is 1. The molecule has 0 spiro atoms. The molecule has 0 radical (unpaired) electrons. The SMILES string of the molecule is CC(NC(=O)COC(=O)CNC(=O)c1ccc(Cl)c([N+](=O)[O-])c1)C12CC3CC(CC(C3)C1)C2. The van der Waals surface area contributed by atoms with E-state index in [2.05, 4.69) is 17.6 Å². The number of halogens is 1. The molecule has 1 aromatic rings. The summed E-state index contributed by atoms with van der Waals surface area (Å²) in [6.45, 7) is 1.17. The van der Waals surface area contributed by atoms with E-state index in [4.69, 9.17) is 16.3 Å². The van der Waals surface area contributed by atoms with Crippen LogP contribution in [0.3, 0.4) is 0 Å². The van der Waals surface area contributed by atoms with Crippen LogP contribution in [0.4, 0.5) is 5.69 Å². The van der Waals surface area contributed by atoms with E-state index < -0.39 is 35.6 Å². The van der Waals surface area contributed by atoms with Crippen LogP contribution in [0.2, 0.25) is 5.02 Å². The molecule has 4 aliphatic rings. The molecule has 2 N–H and O–H groups in total. The highest BCUT2D eigenvalue weighted by atomic mass is 35.5. The molecule has 0 aliphatic heterocycles. The minimum absolute atomic E-state index is 0.0129. The molecular weight excluding hydrogens is 450 g/mol. The summed E-state index contributed by atoms with van der Waals surface area (Å²) >= 11 is 5.73. The number of amides is 2. The van der Waals surface area contributed by atoms with Crippen LogP contribution in [0.25, 0.3) is 0 Å². The van der Waals surface area contributed by atoms with E-state index in [1.165, 1.54) is 31.4 Å². The highest BCUT2D eigenvalue weighted by Crippen LogP contribution is 2.61. The topological polar surface area (TPSA) is 128 Å². The number of nitro benzene ring substituents is 1. The molecule has 1 unspecified atom stereocenters. The Balaban J connectivity index is 1.21. The van der Waals surface area contributed by atoms with Gasteiger partial charge in [0.2, 0.25) is 0 Å². The standard InChI is InChI=1S/C23H28ClN3O6/c1-13(23-8-14-4-15(9-23)6-16(5-14)10-23)26-20(28)12-33-21(29)11-25-22(30)17-2-3-18(24)19(7-17)27(31)32/h2-3,7,13-16H,4-6,8-12H2,1H3,(H,25,30)(H,26,28). The molecule has 9 nitrogen and oxygen atoms in total. The highest BCUT2D eigenvalue weighted by Gasteiger charge is 2.53. The van der Waals surface area contributed by atoms with Crippen molar-refractivity contribution in [2.45, 2.75) is 51.5 Å². The summed E-state index contributed by atoms with van der Waals surface area (Å²) in [4.78, 5) is 46.8. The van der Waals surface area contributed by atoms with Gasteiger partial charge in [0, 0.05) is 17.7 Å². The van der Waals surface area contributed by atoms with Gasteiger partial charge >= 0.3 is 5.97 Å². The van der Waals surface area contributed by atoms with E-state index >= 15 is 0 Å². The zero-order chi connectivity index (χ0) is 23.8. The van der Waals surface area contributed by atoms with Crippen molar-refractivity contribution in [2.24, 2.45) is 23.2 Å². The maximum atomic E-state index is 12.4. The number of rotatable bonds is 8. The lowest BCUT2D eigenvalue weighted by Gasteiger charge is -2.59. The number of carbonyl (C=O) groups is 3. The summed E-state index contributed by atoms with van der Waals surface area (Å²) in [6, 6.07) is 3.61. The van der Waals surface area contributed by atoms with Gasteiger partial charge in [-0.15, -0.1) is 0 Å². The number of ether oxygens (including phenoxy) is 1. The van der Waals surface area contributed by atoms with Crippen molar-refractivity contribution in [1.82, 2.24) is 10.6 Å². The van der Waals surface area contributed by atoms with Crippen molar-refractivity contribution >= 4 is 35.1 Å². The second kappa shape index (κ2) is 9.29. The Morgan fingerprint density at radius 2 is 1.79 bits per heavy atom. The quantitative estimate of drug-likeness (QED) is 0.336. The van der Waals surface area contributed by atoms with Gasteiger partial charge in [-0.05, 0) is 80.8 Å². The van der Waals surface area contributed by atoms with Gasteiger partial charge in [0.15, 0.2) is 6.61 Å². The minimum atomic E-state index is -0.774. The van der Waals surface area contributed by atoms with Gasteiger partial charge in [0.05, 0.1) is 4.92 Å². The first-order valence-electron chi connectivity index (χ1n) is 11.3. The number of nitrogens with zero attached hydrogens (tertiary/aromatic N) is 1. The Morgan fingerprint density at radius 1 is 1.18 bits per heavy atom. The predicted octanol–water partition coefficient (Wildman–Crippen LogP) is 3.24. The van der Waals surface area contributed by atoms with Gasteiger partial charge in [-0.2, -0.15) is 0 Å². The number of nitrogens with one attached hydrogen (secondary N) is 2. The number of esters is 1. The first kappa shape index (κ1) is 23.5. The Morgan fingerprint density at radius 3 is 2.36 bits per heavy atom. The van der Waals surface area contributed by atoms with Crippen LogP contribution in [0, 0.1) is 33.3 Å². The average molecular weight is 478 g/mol. The first-order chi connectivity index (χ1) is 15.6. The monoisotopic (exact) mass is 477 g/mol. The van der Waals surface area contributed by atoms with Crippen LogP contribution in [0.15, 0.2) is 18.2 Å². The summed E-state index contributed by atoms with van der Waals surface area (Å²) in [5.41, 5.74) is -0.262. The largest absolute Gasteiger partial charge is 0.454 e. The molecule has 4 saturated carbocycles. The third-order valence-corrected chi connectivity index (χ3v) is 7.86. The summed E-state index contributed by atoms with van der Waals surface area (Å²) in [5, 5.41) is 16.2. The van der Waals surface area contributed by atoms with Crippen molar-refractivity contribution in [3.8, 4) is 0 Å². The Kier molecular flexibility index (Phi) is 6.61. The van der Waals surface area contributed by atoms with E-state index in [1.54, 1.807) is 0 Å². The zero-order valence-corrected chi connectivity index (χ0v) is 19.2. The minimum Gasteiger partial charge on any atom is -0.454 e. The molecule has 10 heteroatoms. The number of carbonyl (C=O) groups excluding carboxylic acids is 3. The molecule has 0 aromatic heterocycles. The van der Waals surface area contributed by atoms with Crippen LogP contribution in [0.1, 0.15) is 55.8 Å². The molecule has 2 amide bonds. The van der Waals surface area contributed by atoms with Crippen molar-refractivity contribution < 1.29 is 24.0 Å². The third kappa shape index (κ3) is 5.13. The molecule has 0 saturated heterocycles. The van der Waals surface area contributed by atoms with Crippen molar-refractivity contribution in [3.05, 3.63) is 38.9 Å². The zero-order valence-electron chi connectivity index (χ0n) is 18.5. The fourth-order valence-electron chi connectivity index (χ4n) is 6.39. The first-order valence-corrected chi connectivity index (χ1v) is 11.7. The summed E-state index contributed by atoms with van der Waals surface area (Å²) in [5.74, 6) is 0.514. The Labute approximate surface area is 196 Å². The summed E-state index contributed by atoms with van der Waals surface area (Å²) < 4.78 is 5.00. The highest BCUT2D eigenvalue weighted by molar-refractivity contribution is 6.32. The van der Waals surface area contributed by atoms with Crippen molar-refractivity contribution in [1.29, 1.82) is 0 Å². The van der Waals surface area contributed by atoms with Crippen LogP contribution in [-0.4, -0.2) is 41.9 Å². The summed E-state index contributed by atoms with van der Waals surface area (Å²) in [7, 11) is 0. The van der Waals surface area contributed by atoms with Gasteiger partial charge in [-0.25, -0.2) is 0 Å². The fraction of sp³-hybridized carbons (Fsp3) is 0.609. The lowest BCUT2D eigenvalue weighted by molar-refractivity contribution is -0.384. The van der Waals surface area contributed by atoms with E-state index in [9.17, 15) is 24.5 Å². The van der Waals surface area contributed by atoms with Gasteiger partial charge in [0.25, 0.3) is 17.5 Å². The second-order valence-corrected chi connectivity index (χ2v) is 10.2. The Hall–Kier alpha value is -2.68. The lowest BCUT2D eigenvalue weighted by Crippen LogP contribution is -2.56. The maximum Gasteiger partial charge on any atom is 0.325 e. The van der Waals surface area contributed by atoms with Crippen molar-refractivity contribution in [2.75, 3.05) is 13.2 Å². The summed E-state index contributed by atoms with van der Waals surface area (Å²) in [6.07, 6.45) is 7.46. The second-order valence-electron chi connectivity index (χ2n) is 9.84. The van der Waals surface area contributed by atoms with E-state index in [0.717, 1.165) is 43.1 Å². The normalized spacial score (nSPS) is 28.1. The molecule has 33 heavy (non-hydrogen) atoms. The molecule has 5 rings (SSSR count). The number of benzene rings is 1. The number of hydrogen-bond donors (Lipinski definition) is 2. The maximum absolute atomic E-state index is 12.4. The lowest BCUT2D eigenvalue weighted by atomic mass is 9.48. The molecule has 4 fully saturated rings. The van der Waals surface area contributed by atoms with Crippen LogP contribution < -0.4 is 10.6 Å². The van der Waals surface area contributed by atoms with Gasteiger partial charge in [-0.1, -0.05) is 11.6 Å². The molecule has 178 valence electrons. The molecule has 1 aromatic carbocycles. The van der Waals surface area contributed by atoms with Crippen molar-refractivity contribution in [3.63, 3.8) is 0 Å². The molecule has 4 aliphatic carbocycles. The van der Waals surface area contributed by atoms with Gasteiger partial charge in [0.1, 0.15) is 11.6 Å². The molecular formula is C23H28ClN3O6. The smallest absolute Gasteiger partial charge is 0.325 e. The molecule has 0 heterocycles. The van der Waals surface area contributed by atoms with E-state index in [1.807, 2.05) is 0 Å². The fourth-order valence-corrected chi connectivity index (χ4v) is 6.58. The van der Waals surface area contributed by atoms with E-state index in [0.29, 0.717) is 0 Å². The van der Waals surface area contributed by atoms with Gasteiger partial charge < -0.3 is 15.4 Å². The van der Waals surface area contributed by atoms with Crippen LogP contribution in [0.5, 0.6) is 0 Å². The molecule has 4 bridgehead atoms. The predicted molar refractivity (Wildman–Crippen MR) is 120 cm³/mol. The van der Waals surface area contributed by atoms with Crippen LogP contribution in [-0.2, 0) is 14.3 Å². The number of hydrogen-bond acceptors (Lipinski definition) is 6. The third-order valence-electron chi connectivity index (χ3n) is 7.54. The van der Waals surface area contributed by atoms with Gasteiger partial charge in [-0.3, -0.25) is 24.5 Å². The van der Waals surface area contributed by atoms with E-state index in [-0.39, 0.29) is 28.0 Å². The Bertz CT molecular complexity index is 946.